The van der Waals surface area contributed by atoms with E-state index in [2.05, 4.69) is 4.99 Å². The molecule has 1 aliphatic rings. The largest absolute Gasteiger partial charge is 0.494 e. The summed E-state index contributed by atoms with van der Waals surface area (Å²) in [6.45, 7) is 2.52. The van der Waals surface area contributed by atoms with E-state index >= 15 is 0 Å². The maximum Gasteiger partial charge on any atom is 0.363 e. The lowest BCUT2D eigenvalue weighted by Gasteiger charge is -2.03. The van der Waals surface area contributed by atoms with E-state index in [4.69, 9.17) is 21.1 Å². The van der Waals surface area contributed by atoms with Gasteiger partial charge in [0.25, 0.3) is 0 Å². The average molecular weight is 356 g/mol. The summed E-state index contributed by atoms with van der Waals surface area (Å²) in [4.78, 5) is 16.3. The molecule has 0 aromatic heterocycles. The van der Waals surface area contributed by atoms with Crippen LogP contribution in [0.2, 0.25) is 5.02 Å². The molecule has 0 atom stereocenters. The SMILES string of the molecule is CCOc1cccc(/C=C2/N=C(CCc3ccccc3Cl)OC2=O)c1. The molecule has 0 unspecified atom stereocenters. The van der Waals surface area contributed by atoms with Crippen molar-refractivity contribution >= 4 is 29.5 Å². The van der Waals surface area contributed by atoms with Crippen LogP contribution in [0, 0.1) is 0 Å². The molecule has 0 radical (unpaired) electrons. The monoisotopic (exact) mass is 355 g/mol. The number of cyclic esters (lactones) is 1. The summed E-state index contributed by atoms with van der Waals surface area (Å²) < 4.78 is 10.7. The second-order valence-electron chi connectivity index (χ2n) is 5.52. The third-order valence-corrected chi connectivity index (χ3v) is 4.07. The van der Waals surface area contributed by atoms with E-state index in [0.717, 1.165) is 16.9 Å². The lowest BCUT2D eigenvalue weighted by Crippen LogP contribution is -2.05. The summed E-state index contributed by atoms with van der Waals surface area (Å²) in [6.07, 6.45) is 2.89. The number of hydrogen-bond acceptors (Lipinski definition) is 4. The van der Waals surface area contributed by atoms with E-state index in [1.54, 1.807) is 6.08 Å². The van der Waals surface area contributed by atoms with Crippen molar-refractivity contribution in [3.63, 3.8) is 0 Å². The number of aliphatic imine (C=N–C) groups is 1. The summed E-state index contributed by atoms with van der Waals surface area (Å²) >= 11 is 6.14. The Hall–Kier alpha value is -2.59. The van der Waals surface area contributed by atoms with Gasteiger partial charge in [0.2, 0.25) is 0 Å². The second-order valence-corrected chi connectivity index (χ2v) is 5.93. The standard InChI is InChI=1S/C20H18ClNO3/c1-2-24-16-8-5-6-14(12-16)13-18-20(23)25-19(22-18)11-10-15-7-3-4-9-17(15)21/h3-9,12-13H,2,10-11H2,1H3/b18-13+. The molecule has 0 fully saturated rings. The number of benzene rings is 2. The van der Waals surface area contributed by atoms with Gasteiger partial charge < -0.3 is 9.47 Å². The Kier molecular flexibility index (Phi) is 5.51. The van der Waals surface area contributed by atoms with Gasteiger partial charge in [0.15, 0.2) is 11.6 Å². The minimum Gasteiger partial charge on any atom is -0.494 e. The third-order valence-electron chi connectivity index (χ3n) is 3.70. The highest BCUT2D eigenvalue weighted by Crippen LogP contribution is 2.22. The highest BCUT2D eigenvalue weighted by Gasteiger charge is 2.22. The Morgan fingerprint density at radius 2 is 2.00 bits per heavy atom. The van der Waals surface area contributed by atoms with Crippen LogP contribution < -0.4 is 4.74 Å². The highest BCUT2D eigenvalue weighted by molar-refractivity contribution is 6.31. The average Bonchev–Trinajstić information content (AvgIpc) is 2.94. The number of carbonyl (C=O) groups is 1. The minimum absolute atomic E-state index is 0.294. The van der Waals surface area contributed by atoms with Crippen LogP contribution in [0.5, 0.6) is 5.75 Å². The number of ether oxygens (including phenoxy) is 2. The van der Waals surface area contributed by atoms with Crippen LogP contribution in [-0.2, 0) is 16.0 Å². The van der Waals surface area contributed by atoms with Gasteiger partial charge in [0.05, 0.1) is 6.61 Å². The summed E-state index contributed by atoms with van der Waals surface area (Å²) in [6, 6.07) is 15.1. The van der Waals surface area contributed by atoms with Gasteiger partial charge in [-0.3, -0.25) is 0 Å². The zero-order valence-corrected chi connectivity index (χ0v) is 14.6. The fraction of sp³-hybridized carbons (Fsp3) is 0.200. The predicted octanol–water partition coefficient (Wildman–Crippen LogP) is 4.67. The summed E-state index contributed by atoms with van der Waals surface area (Å²) in [5.74, 6) is 0.735. The van der Waals surface area contributed by atoms with Crippen LogP contribution >= 0.6 is 11.6 Å². The lowest BCUT2D eigenvalue weighted by atomic mass is 10.1. The molecule has 5 heteroatoms. The second kappa shape index (κ2) is 7.99. The van der Waals surface area contributed by atoms with Crippen molar-refractivity contribution in [2.75, 3.05) is 6.61 Å². The Morgan fingerprint density at radius 1 is 1.16 bits per heavy atom. The van der Waals surface area contributed by atoms with Crippen LogP contribution in [0.25, 0.3) is 6.08 Å². The van der Waals surface area contributed by atoms with Gasteiger partial charge in [-0.15, -0.1) is 0 Å². The van der Waals surface area contributed by atoms with Crippen LogP contribution in [0.1, 0.15) is 24.5 Å². The molecule has 0 saturated carbocycles. The van der Waals surface area contributed by atoms with Crippen molar-refractivity contribution in [2.24, 2.45) is 4.99 Å². The van der Waals surface area contributed by atoms with Crippen molar-refractivity contribution < 1.29 is 14.3 Å². The maximum absolute atomic E-state index is 12.0. The molecule has 2 aromatic rings. The first-order chi connectivity index (χ1) is 12.2. The normalized spacial score (nSPS) is 15.2. The highest BCUT2D eigenvalue weighted by atomic mass is 35.5. The number of nitrogens with zero attached hydrogens (tertiary/aromatic N) is 1. The summed E-state index contributed by atoms with van der Waals surface area (Å²) in [7, 11) is 0. The number of halogens is 1. The molecule has 0 saturated heterocycles. The number of aryl methyl sites for hydroxylation is 1. The fourth-order valence-electron chi connectivity index (χ4n) is 2.52. The lowest BCUT2D eigenvalue weighted by molar-refractivity contribution is -0.130. The quantitative estimate of drug-likeness (QED) is 0.559. The maximum atomic E-state index is 12.0. The predicted molar refractivity (Wildman–Crippen MR) is 98.9 cm³/mol. The Balaban J connectivity index is 1.71. The molecule has 2 aromatic carbocycles. The zero-order chi connectivity index (χ0) is 17.6. The number of hydrogen-bond donors (Lipinski definition) is 0. The van der Waals surface area contributed by atoms with E-state index < -0.39 is 5.97 Å². The summed E-state index contributed by atoms with van der Waals surface area (Å²) in [5, 5.41) is 0.705. The van der Waals surface area contributed by atoms with Crippen molar-refractivity contribution in [1.82, 2.24) is 0 Å². The van der Waals surface area contributed by atoms with Gasteiger partial charge in [-0.25, -0.2) is 9.79 Å². The topological polar surface area (TPSA) is 47.9 Å². The van der Waals surface area contributed by atoms with Crippen LogP contribution in [-0.4, -0.2) is 18.5 Å². The van der Waals surface area contributed by atoms with Crippen LogP contribution in [0.15, 0.2) is 59.2 Å². The fourth-order valence-corrected chi connectivity index (χ4v) is 2.75. The number of esters is 1. The first kappa shape index (κ1) is 17.2. The zero-order valence-electron chi connectivity index (χ0n) is 13.9. The van der Waals surface area contributed by atoms with Crippen molar-refractivity contribution in [1.29, 1.82) is 0 Å². The number of rotatable bonds is 6. The first-order valence-corrected chi connectivity index (χ1v) is 8.51. The van der Waals surface area contributed by atoms with Crippen molar-refractivity contribution in [3.05, 3.63) is 70.4 Å². The molecule has 0 aliphatic carbocycles. The molecule has 4 nitrogen and oxygen atoms in total. The molecule has 0 bridgehead atoms. The molecule has 1 aliphatic heterocycles. The van der Waals surface area contributed by atoms with Crippen LogP contribution in [0.3, 0.4) is 0 Å². The number of carbonyl (C=O) groups excluding carboxylic acids is 1. The molecule has 3 rings (SSSR count). The van der Waals surface area contributed by atoms with E-state index in [-0.39, 0.29) is 0 Å². The van der Waals surface area contributed by atoms with Gasteiger partial charge in [-0.05, 0) is 48.7 Å². The van der Waals surface area contributed by atoms with Gasteiger partial charge in [0.1, 0.15) is 5.75 Å². The molecular weight excluding hydrogens is 338 g/mol. The van der Waals surface area contributed by atoms with E-state index in [1.807, 2.05) is 55.5 Å². The summed E-state index contributed by atoms with van der Waals surface area (Å²) in [5.41, 5.74) is 2.14. The van der Waals surface area contributed by atoms with Crippen molar-refractivity contribution in [3.8, 4) is 5.75 Å². The van der Waals surface area contributed by atoms with Gasteiger partial charge >= 0.3 is 5.97 Å². The minimum atomic E-state index is -0.434. The Morgan fingerprint density at radius 3 is 2.80 bits per heavy atom. The van der Waals surface area contributed by atoms with Crippen LogP contribution in [0.4, 0.5) is 0 Å². The van der Waals surface area contributed by atoms with Gasteiger partial charge in [-0.2, -0.15) is 0 Å². The van der Waals surface area contributed by atoms with E-state index in [9.17, 15) is 4.79 Å². The van der Waals surface area contributed by atoms with Crippen molar-refractivity contribution in [2.45, 2.75) is 19.8 Å². The Bertz CT molecular complexity index is 842. The molecule has 128 valence electrons. The molecule has 0 amide bonds. The Labute approximate surface area is 151 Å². The molecule has 25 heavy (non-hydrogen) atoms. The third kappa shape index (κ3) is 4.48. The molecule has 0 spiro atoms. The first-order valence-electron chi connectivity index (χ1n) is 8.13. The smallest absolute Gasteiger partial charge is 0.363 e. The molecule has 0 N–H and O–H groups in total. The van der Waals surface area contributed by atoms with Gasteiger partial charge in [-0.1, -0.05) is 41.9 Å². The van der Waals surface area contributed by atoms with E-state index in [0.29, 0.717) is 36.1 Å². The van der Waals surface area contributed by atoms with E-state index in [1.165, 1.54) is 0 Å². The molecular formula is C20H18ClNO3. The van der Waals surface area contributed by atoms with Gasteiger partial charge in [0, 0.05) is 11.4 Å². The molecule has 1 heterocycles.